The number of hydrogen-bond acceptors (Lipinski definition) is 4. The Morgan fingerprint density at radius 2 is 2.14 bits per heavy atom. The van der Waals surface area contributed by atoms with Crippen molar-refractivity contribution in [3.8, 4) is 0 Å². The Balaban J connectivity index is 0.00000176. The van der Waals surface area contributed by atoms with Gasteiger partial charge in [-0.1, -0.05) is 13.8 Å². The van der Waals surface area contributed by atoms with Crippen molar-refractivity contribution in [3.05, 3.63) is 29.6 Å². The number of piperidine rings is 1. The minimum absolute atomic E-state index is 0. The summed E-state index contributed by atoms with van der Waals surface area (Å²) in [6, 6.07) is 3.81. The van der Waals surface area contributed by atoms with E-state index in [1.54, 1.807) is 6.20 Å². The van der Waals surface area contributed by atoms with Gasteiger partial charge in [0.25, 0.3) is 5.91 Å². The highest BCUT2D eigenvalue weighted by Crippen LogP contribution is 2.50. The molecule has 0 spiro atoms. The molecule has 122 valence electrons. The summed E-state index contributed by atoms with van der Waals surface area (Å²) < 4.78 is 6.34. The Bertz CT molecular complexity index is 510. The zero-order valence-electron chi connectivity index (χ0n) is 12.5. The molecule has 3 rings (SSSR count). The van der Waals surface area contributed by atoms with Gasteiger partial charge in [-0.05, 0) is 37.5 Å². The maximum absolute atomic E-state index is 11.5. The Labute approximate surface area is 132 Å². The predicted molar refractivity (Wildman–Crippen MR) is 86.5 cm³/mol. The van der Waals surface area contributed by atoms with Crippen molar-refractivity contribution >= 4 is 5.91 Å². The molecule has 1 amide bonds. The van der Waals surface area contributed by atoms with E-state index in [1.807, 2.05) is 19.1 Å². The number of carbonyl (C=O) groups is 1. The molecular weight excluding hydrogens is 278 g/mol. The predicted octanol–water partition coefficient (Wildman–Crippen LogP) is 2.07. The lowest BCUT2D eigenvalue weighted by atomic mass is 9.63. The van der Waals surface area contributed by atoms with Crippen LogP contribution < -0.4 is 11.1 Å². The van der Waals surface area contributed by atoms with Gasteiger partial charge in [0.15, 0.2) is 0 Å². The van der Waals surface area contributed by atoms with Gasteiger partial charge in [0.05, 0.1) is 0 Å². The van der Waals surface area contributed by atoms with Crippen molar-refractivity contribution in [2.75, 3.05) is 19.7 Å². The average molecular weight is 305 g/mol. The summed E-state index contributed by atoms with van der Waals surface area (Å²) in [6.45, 7) is 4.63. The summed E-state index contributed by atoms with van der Waals surface area (Å²) in [4.78, 5) is 15.5. The van der Waals surface area contributed by atoms with E-state index in [9.17, 15) is 4.79 Å². The van der Waals surface area contributed by atoms with E-state index < -0.39 is 5.91 Å². The van der Waals surface area contributed by atoms with Gasteiger partial charge in [-0.3, -0.25) is 9.78 Å². The highest BCUT2D eigenvalue weighted by Gasteiger charge is 2.51. The third-order valence-corrected chi connectivity index (χ3v) is 4.95. The van der Waals surface area contributed by atoms with Crippen molar-refractivity contribution in [1.82, 2.24) is 10.3 Å². The molecule has 1 aliphatic heterocycles. The lowest BCUT2D eigenvalue weighted by Crippen LogP contribution is -2.58. The lowest BCUT2D eigenvalue weighted by molar-refractivity contribution is -0.161. The molecule has 1 aromatic heterocycles. The molecule has 3 N–H and O–H groups in total. The molecule has 2 atom stereocenters. The first kappa shape index (κ1) is 16.9. The topological polar surface area (TPSA) is 77.2 Å². The summed E-state index contributed by atoms with van der Waals surface area (Å²) in [6.07, 6.45) is 5.23. The van der Waals surface area contributed by atoms with E-state index in [-0.39, 0.29) is 13.0 Å². The summed E-state index contributed by atoms with van der Waals surface area (Å²) >= 11 is 0. The van der Waals surface area contributed by atoms with Crippen molar-refractivity contribution in [1.29, 1.82) is 0 Å². The lowest BCUT2D eigenvalue weighted by Gasteiger charge is -2.53. The van der Waals surface area contributed by atoms with Crippen LogP contribution in [0.25, 0.3) is 0 Å². The summed E-state index contributed by atoms with van der Waals surface area (Å²) in [5, 5.41) is 3.52. The number of rotatable bonds is 4. The molecule has 0 aromatic carbocycles. The molecule has 1 saturated heterocycles. The molecule has 1 saturated carbocycles. The highest BCUT2D eigenvalue weighted by atomic mass is 16.5. The molecule has 22 heavy (non-hydrogen) atoms. The first-order valence-corrected chi connectivity index (χ1v) is 7.79. The van der Waals surface area contributed by atoms with E-state index in [2.05, 4.69) is 10.3 Å². The van der Waals surface area contributed by atoms with Crippen LogP contribution in [0.1, 0.15) is 49.7 Å². The number of pyridine rings is 1. The molecule has 1 aromatic rings. The number of hydrogen-bond donors (Lipinski definition) is 2. The molecule has 0 radical (unpaired) electrons. The Morgan fingerprint density at radius 1 is 1.45 bits per heavy atom. The quantitative estimate of drug-likeness (QED) is 0.892. The summed E-state index contributed by atoms with van der Waals surface area (Å²) in [7, 11) is 0. The molecular formula is C17H27N3O2. The monoisotopic (exact) mass is 305 g/mol. The van der Waals surface area contributed by atoms with Crippen LogP contribution in [-0.4, -0.2) is 30.6 Å². The van der Waals surface area contributed by atoms with Gasteiger partial charge in [-0.2, -0.15) is 0 Å². The minimum atomic E-state index is -0.484. The number of primary amides is 1. The van der Waals surface area contributed by atoms with Crippen LogP contribution in [0.5, 0.6) is 0 Å². The minimum Gasteiger partial charge on any atom is -0.370 e. The first-order chi connectivity index (χ1) is 10.2. The molecule has 1 aliphatic carbocycles. The molecule has 2 aliphatic rings. The number of fused-ring (bicyclic) bond motifs is 2. The number of nitrogens with two attached hydrogens (primary N) is 1. The summed E-state index contributed by atoms with van der Waals surface area (Å²) in [5.74, 6) is 0.392. The van der Waals surface area contributed by atoms with E-state index in [1.165, 1.54) is 6.42 Å². The SMILES string of the molecule is C.CCOC1(c2ccnc(C(N)=O)c2)C2CCCC1CNC2. The smallest absolute Gasteiger partial charge is 0.267 e. The first-order valence-electron chi connectivity index (χ1n) is 7.79. The van der Waals surface area contributed by atoms with Crippen molar-refractivity contribution < 1.29 is 9.53 Å². The largest absolute Gasteiger partial charge is 0.370 e. The fourth-order valence-electron chi connectivity index (χ4n) is 4.15. The van der Waals surface area contributed by atoms with Crippen LogP contribution in [0.4, 0.5) is 0 Å². The van der Waals surface area contributed by atoms with E-state index >= 15 is 0 Å². The van der Waals surface area contributed by atoms with Crippen molar-refractivity contribution in [2.24, 2.45) is 17.6 Å². The van der Waals surface area contributed by atoms with Gasteiger partial charge in [0, 0.05) is 37.7 Å². The van der Waals surface area contributed by atoms with Gasteiger partial charge in [-0.25, -0.2) is 0 Å². The van der Waals surface area contributed by atoms with Gasteiger partial charge in [0.2, 0.25) is 0 Å². The normalized spacial score (nSPS) is 30.4. The fraction of sp³-hybridized carbons (Fsp3) is 0.647. The molecule has 2 heterocycles. The highest BCUT2D eigenvalue weighted by molar-refractivity contribution is 5.90. The fourth-order valence-corrected chi connectivity index (χ4v) is 4.15. The van der Waals surface area contributed by atoms with E-state index in [0.717, 1.165) is 31.5 Å². The number of carbonyl (C=O) groups excluding carboxylic acids is 1. The number of nitrogens with one attached hydrogen (secondary N) is 1. The number of aromatic nitrogens is 1. The third kappa shape index (κ3) is 2.63. The number of ether oxygens (including phenoxy) is 1. The summed E-state index contributed by atoms with van der Waals surface area (Å²) in [5.41, 5.74) is 6.47. The standard InChI is InChI=1S/C16H23N3O2.CH4/c1-2-21-16(11-6-7-19-14(8-11)15(17)20)12-4-3-5-13(16)10-18-9-12;/h6-8,12-13,18H,2-5,9-10H2,1H3,(H2,17,20);1H4. The van der Waals surface area contributed by atoms with E-state index in [4.69, 9.17) is 10.5 Å². The second-order valence-corrected chi connectivity index (χ2v) is 6.00. The molecule has 2 unspecified atom stereocenters. The number of nitrogens with zero attached hydrogens (tertiary/aromatic N) is 1. The molecule has 2 bridgehead atoms. The maximum atomic E-state index is 11.5. The van der Waals surface area contributed by atoms with Crippen LogP contribution in [0.3, 0.4) is 0 Å². The van der Waals surface area contributed by atoms with Crippen molar-refractivity contribution in [3.63, 3.8) is 0 Å². The van der Waals surface area contributed by atoms with Crippen LogP contribution in [0.15, 0.2) is 18.3 Å². The van der Waals surface area contributed by atoms with Crippen LogP contribution in [0.2, 0.25) is 0 Å². The average Bonchev–Trinajstić information content (AvgIpc) is 2.47. The molecule has 5 nitrogen and oxygen atoms in total. The zero-order valence-corrected chi connectivity index (χ0v) is 12.5. The Hall–Kier alpha value is -1.46. The van der Waals surface area contributed by atoms with Crippen LogP contribution in [-0.2, 0) is 10.3 Å². The Kier molecular flexibility index (Phi) is 5.19. The van der Waals surface area contributed by atoms with Crippen LogP contribution >= 0.6 is 0 Å². The van der Waals surface area contributed by atoms with Gasteiger partial charge < -0.3 is 15.8 Å². The second kappa shape index (κ2) is 6.75. The van der Waals surface area contributed by atoms with Gasteiger partial charge in [0.1, 0.15) is 11.3 Å². The number of amides is 1. The second-order valence-electron chi connectivity index (χ2n) is 6.00. The third-order valence-electron chi connectivity index (χ3n) is 4.95. The Morgan fingerprint density at radius 3 is 2.73 bits per heavy atom. The molecule has 2 fully saturated rings. The van der Waals surface area contributed by atoms with Crippen LogP contribution in [0, 0.1) is 11.8 Å². The maximum Gasteiger partial charge on any atom is 0.267 e. The van der Waals surface area contributed by atoms with E-state index in [0.29, 0.717) is 24.1 Å². The van der Waals surface area contributed by atoms with Crippen molar-refractivity contribution in [2.45, 2.75) is 39.2 Å². The zero-order chi connectivity index (χ0) is 14.9. The molecule has 5 heteroatoms. The van der Waals surface area contributed by atoms with Gasteiger partial charge >= 0.3 is 0 Å². The van der Waals surface area contributed by atoms with Gasteiger partial charge in [-0.15, -0.1) is 0 Å².